The molecule has 9 heteroatoms. The lowest BCUT2D eigenvalue weighted by molar-refractivity contribution is -0.402. The van der Waals surface area contributed by atoms with Crippen LogP contribution in [0.5, 0.6) is 0 Å². The summed E-state index contributed by atoms with van der Waals surface area (Å²) in [4.78, 5) is 36.3. The number of hydrogen-bond acceptors (Lipinski definition) is 6. The molecule has 1 heterocycles. The number of amides is 1. The van der Waals surface area contributed by atoms with Gasteiger partial charge < -0.3 is 14.1 Å². The molecule has 144 valence electrons. The number of benzene rings is 1. The molecule has 0 saturated carbocycles. The van der Waals surface area contributed by atoms with E-state index in [0.717, 1.165) is 11.6 Å². The van der Waals surface area contributed by atoms with Crippen molar-refractivity contribution in [3.8, 4) is 0 Å². The van der Waals surface area contributed by atoms with Crippen molar-refractivity contribution in [2.45, 2.75) is 32.9 Å². The van der Waals surface area contributed by atoms with Crippen molar-refractivity contribution in [3.63, 3.8) is 0 Å². The number of rotatable bonds is 6. The molecule has 1 amide bonds. The molecule has 0 aliphatic rings. The van der Waals surface area contributed by atoms with E-state index in [-0.39, 0.29) is 10.2 Å². The molecule has 27 heavy (non-hydrogen) atoms. The zero-order chi connectivity index (χ0) is 20.2. The average Bonchev–Trinajstić information content (AvgIpc) is 2.99. The van der Waals surface area contributed by atoms with Crippen LogP contribution < -0.4 is 0 Å². The highest BCUT2D eigenvalue weighted by Crippen LogP contribution is 2.27. The van der Waals surface area contributed by atoms with Gasteiger partial charge in [0.1, 0.15) is 4.92 Å². The Labute approximate surface area is 164 Å². The summed E-state index contributed by atoms with van der Waals surface area (Å²) in [6, 6.07) is 10.5. The third-order valence-corrected chi connectivity index (χ3v) is 4.25. The smallest absolute Gasteiger partial charge is 0.434 e. The van der Waals surface area contributed by atoms with Crippen molar-refractivity contribution < 1.29 is 23.7 Å². The lowest BCUT2D eigenvalue weighted by Gasteiger charge is -2.35. The van der Waals surface area contributed by atoms with Crippen molar-refractivity contribution in [2.75, 3.05) is 6.61 Å². The van der Waals surface area contributed by atoms with Crippen LogP contribution in [-0.4, -0.2) is 33.8 Å². The predicted molar refractivity (Wildman–Crippen MR) is 100 cm³/mol. The summed E-state index contributed by atoms with van der Waals surface area (Å²) in [6.07, 6.45) is 0. The minimum absolute atomic E-state index is 0.0867. The zero-order valence-corrected chi connectivity index (χ0v) is 16.7. The van der Waals surface area contributed by atoms with E-state index < -0.39 is 34.8 Å². The van der Waals surface area contributed by atoms with Crippen LogP contribution in [0.3, 0.4) is 0 Å². The Morgan fingerprint density at radius 2 is 1.89 bits per heavy atom. The van der Waals surface area contributed by atoms with Crippen LogP contribution >= 0.6 is 15.9 Å². The zero-order valence-electron chi connectivity index (χ0n) is 15.1. The number of ether oxygens (including phenoxy) is 1. The highest BCUT2D eigenvalue weighted by Gasteiger charge is 2.29. The fourth-order valence-corrected chi connectivity index (χ4v) is 2.76. The van der Waals surface area contributed by atoms with Crippen LogP contribution in [0.15, 0.2) is 45.3 Å². The van der Waals surface area contributed by atoms with Crippen LogP contribution in [0.25, 0.3) is 0 Å². The molecule has 0 radical (unpaired) electrons. The van der Waals surface area contributed by atoms with E-state index in [1.807, 2.05) is 51.1 Å². The number of nitro groups is 1. The van der Waals surface area contributed by atoms with Crippen molar-refractivity contribution in [3.05, 3.63) is 62.3 Å². The van der Waals surface area contributed by atoms with E-state index in [9.17, 15) is 19.7 Å². The predicted octanol–water partition coefficient (Wildman–Crippen LogP) is 3.93. The molecule has 1 aromatic heterocycles. The van der Waals surface area contributed by atoms with Crippen molar-refractivity contribution in [1.29, 1.82) is 0 Å². The largest absolute Gasteiger partial charge is 0.450 e. The van der Waals surface area contributed by atoms with Gasteiger partial charge in [0, 0.05) is 12.1 Å². The van der Waals surface area contributed by atoms with Crippen molar-refractivity contribution in [1.82, 2.24) is 4.90 Å². The first-order valence-corrected chi connectivity index (χ1v) is 8.84. The second-order valence-electron chi connectivity index (χ2n) is 6.73. The number of carbonyl (C=O) groups is 2. The Hall–Kier alpha value is -2.68. The van der Waals surface area contributed by atoms with E-state index in [4.69, 9.17) is 9.15 Å². The molecule has 8 nitrogen and oxygen atoms in total. The molecular weight excluding hydrogens is 420 g/mol. The third kappa shape index (κ3) is 5.40. The van der Waals surface area contributed by atoms with Crippen LogP contribution in [0.1, 0.15) is 36.9 Å². The molecule has 1 aromatic carbocycles. The molecule has 0 spiro atoms. The standard InChI is InChI=1S/C18H19BrN2O6/c1-18(2,3)20(10-12-7-5-4-6-8-12)14(22)11-26-17(23)16-13(19)9-15(27-16)21(24)25/h4-9H,10-11H2,1-3H3. The van der Waals surface area contributed by atoms with Gasteiger partial charge in [0.2, 0.25) is 5.76 Å². The van der Waals surface area contributed by atoms with Gasteiger partial charge >= 0.3 is 11.9 Å². The van der Waals surface area contributed by atoms with Crippen LogP contribution in [-0.2, 0) is 16.1 Å². The molecule has 0 saturated heterocycles. The fraction of sp³-hybridized carbons (Fsp3) is 0.333. The first-order valence-electron chi connectivity index (χ1n) is 8.05. The van der Waals surface area contributed by atoms with Crippen molar-refractivity contribution in [2.24, 2.45) is 0 Å². The van der Waals surface area contributed by atoms with Crippen LogP contribution in [0.2, 0.25) is 0 Å². The van der Waals surface area contributed by atoms with E-state index in [1.54, 1.807) is 4.90 Å². The highest BCUT2D eigenvalue weighted by molar-refractivity contribution is 9.10. The maximum Gasteiger partial charge on any atom is 0.434 e. The number of esters is 1. The molecule has 0 aliphatic heterocycles. The summed E-state index contributed by atoms with van der Waals surface area (Å²) in [5, 5.41) is 10.7. The lowest BCUT2D eigenvalue weighted by Crippen LogP contribution is -2.46. The monoisotopic (exact) mass is 438 g/mol. The minimum atomic E-state index is -0.961. The molecule has 0 atom stereocenters. The Morgan fingerprint density at radius 3 is 2.41 bits per heavy atom. The Kier molecular flexibility index (Phi) is 6.37. The van der Waals surface area contributed by atoms with Crippen LogP contribution in [0.4, 0.5) is 5.88 Å². The van der Waals surface area contributed by atoms with E-state index in [0.29, 0.717) is 6.54 Å². The number of furan rings is 1. The lowest BCUT2D eigenvalue weighted by atomic mass is 10.0. The molecule has 0 fully saturated rings. The SMILES string of the molecule is CC(C)(C)N(Cc1ccccc1)C(=O)COC(=O)c1oc([N+](=O)[O-])cc1Br. The van der Waals surface area contributed by atoms with Gasteiger partial charge in [0.25, 0.3) is 5.91 Å². The van der Waals surface area contributed by atoms with Gasteiger partial charge in [-0.1, -0.05) is 30.3 Å². The molecule has 2 aromatic rings. The second kappa shape index (κ2) is 8.34. The summed E-state index contributed by atoms with van der Waals surface area (Å²) in [5.74, 6) is -2.31. The van der Waals surface area contributed by atoms with Gasteiger partial charge in [-0.25, -0.2) is 4.79 Å². The summed E-state index contributed by atoms with van der Waals surface area (Å²) in [5.41, 5.74) is 0.445. The first-order chi connectivity index (χ1) is 12.6. The number of nitrogens with zero attached hydrogens (tertiary/aromatic N) is 2. The third-order valence-electron chi connectivity index (χ3n) is 3.66. The van der Waals surface area contributed by atoms with Gasteiger partial charge in [-0.3, -0.25) is 14.9 Å². The maximum atomic E-state index is 12.6. The number of carbonyl (C=O) groups excluding carboxylic acids is 2. The second-order valence-corrected chi connectivity index (χ2v) is 7.59. The molecule has 0 bridgehead atoms. The van der Waals surface area contributed by atoms with Gasteiger partial charge in [-0.15, -0.1) is 0 Å². The molecule has 0 unspecified atom stereocenters. The summed E-state index contributed by atoms with van der Waals surface area (Å²) < 4.78 is 9.94. The maximum absolute atomic E-state index is 12.6. The van der Waals surface area contributed by atoms with E-state index in [2.05, 4.69) is 15.9 Å². The normalized spacial score (nSPS) is 11.1. The quantitative estimate of drug-likeness (QED) is 0.384. The highest BCUT2D eigenvalue weighted by atomic mass is 79.9. The fourth-order valence-electron chi connectivity index (χ4n) is 2.32. The number of hydrogen-bond donors (Lipinski definition) is 0. The summed E-state index contributed by atoms with van der Waals surface area (Å²) >= 11 is 3.00. The van der Waals surface area contributed by atoms with Crippen molar-refractivity contribution >= 4 is 33.7 Å². The molecule has 2 rings (SSSR count). The van der Waals surface area contributed by atoms with Crippen LogP contribution in [0, 0.1) is 10.1 Å². The van der Waals surface area contributed by atoms with Gasteiger partial charge in [0.05, 0.1) is 10.5 Å². The Morgan fingerprint density at radius 1 is 1.26 bits per heavy atom. The van der Waals surface area contributed by atoms with Gasteiger partial charge in [-0.2, -0.15) is 0 Å². The molecular formula is C18H19BrN2O6. The van der Waals surface area contributed by atoms with Gasteiger partial charge in [0.15, 0.2) is 6.61 Å². The summed E-state index contributed by atoms with van der Waals surface area (Å²) in [7, 11) is 0. The average molecular weight is 439 g/mol. The van der Waals surface area contributed by atoms with E-state index in [1.165, 1.54) is 0 Å². The van der Waals surface area contributed by atoms with Gasteiger partial charge in [-0.05, 0) is 42.3 Å². The number of halogens is 1. The first kappa shape index (κ1) is 20.6. The Bertz CT molecular complexity index is 841. The summed E-state index contributed by atoms with van der Waals surface area (Å²) in [6.45, 7) is 5.48. The topological polar surface area (TPSA) is 103 Å². The minimum Gasteiger partial charge on any atom is -0.450 e. The van der Waals surface area contributed by atoms with E-state index >= 15 is 0 Å². The molecule has 0 N–H and O–H groups in total. The Balaban J connectivity index is 2.07. The molecule has 0 aliphatic carbocycles.